The summed E-state index contributed by atoms with van der Waals surface area (Å²) in [6.07, 6.45) is 0.897. The largest absolute Gasteiger partial charge is 0.358 e. The second-order valence-corrected chi connectivity index (χ2v) is 7.39. The highest BCUT2D eigenvalue weighted by molar-refractivity contribution is 5.86. The van der Waals surface area contributed by atoms with Gasteiger partial charge in [0.15, 0.2) is 0 Å². The molecule has 0 aliphatic rings. The van der Waals surface area contributed by atoms with Crippen LogP contribution in [0.2, 0.25) is 0 Å². The van der Waals surface area contributed by atoms with E-state index in [9.17, 15) is 0 Å². The molecule has 0 fully saturated rings. The number of fused-ring (bicyclic) bond motifs is 1. The summed E-state index contributed by atoms with van der Waals surface area (Å²) in [4.78, 5) is 3.70. The Bertz CT molecular complexity index is 1000. The highest BCUT2D eigenvalue weighted by Crippen LogP contribution is 2.33. The predicted molar refractivity (Wildman–Crippen MR) is 114 cm³/mol. The number of para-hydroxylation sites is 1. The monoisotopic (exact) mass is 354 g/mol. The lowest BCUT2D eigenvalue weighted by Crippen LogP contribution is -2.29. The summed E-state index contributed by atoms with van der Waals surface area (Å²) in [6, 6.07) is 30.6. The van der Waals surface area contributed by atoms with Crippen LogP contribution in [-0.4, -0.2) is 11.0 Å². The molecule has 0 aliphatic heterocycles. The third kappa shape index (κ3) is 3.81. The fourth-order valence-corrected chi connectivity index (χ4v) is 3.81. The summed E-state index contributed by atoms with van der Waals surface area (Å²) >= 11 is 0. The van der Waals surface area contributed by atoms with Crippen LogP contribution < -0.4 is 5.32 Å². The molecule has 27 heavy (non-hydrogen) atoms. The topological polar surface area (TPSA) is 27.8 Å². The molecule has 136 valence electrons. The van der Waals surface area contributed by atoms with Crippen molar-refractivity contribution < 1.29 is 0 Å². The van der Waals surface area contributed by atoms with Crippen LogP contribution in [0, 0.1) is 0 Å². The van der Waals surface area contributed by atoms with Gasteiger partial charge in [0.1, 0.15) is 0 Å². The molecule has 4 rings (SSSR count). The lowest BCUT2D eigenvalue weighted by atomic mass is 9.93. The van der Waals surface area contributed by atoms with Gasteiger partial charge in [-0.2, -0.15) is 0 Å². The van der Waals surface area contributed by atoms with Gasteiger partial charge in [0.2, 0.25) is 0 Å². The molecule has 0 amide bonds. The molecule has 1 heterocycles. The zero-order valence-electron chi connectivity index (χ0n) is 15.9. The van der Waals surface area contributed by atoms with Crippen LogP contribution >= 0.6 is 0 Å². The van der Waals surface area contributed by atoms with Gasteiger partial charge >= 0.3 is 0 Å². The minimum atomic E-state index is 0.154. The Hall–Kier alpha value is -2.84. The zero-order chi connectivity index (χ0) is 18.6. The third-order valence-corrected chi connectivity index (χ3v) is 4.97. The van der Waals surface area contributed by atoms with E-state index >= 15 is 0 Å². The van der Waals surface area contributed by atoms with E-state index in [-0.39, 0.29) is 6.04 Å². The van der Waals surface area contributed by atoms with Gasteiger partial charge in [0.05, 0.1) is 6.04 Å². The van der Waals surface area contributed by atoms with Crippen LogP contribution in [0.4, 0.5) is 0 Å². The second-order valence-electron chi connectivity index (χ2n) is 7.39. The average molecular weight is 354 g/mol. The van der Waals surface area contributed by atoms with Gasteiger partial charge in [-0.15, -0.1) is 0 Å². The highest BCUT2D eigenvalue weighted by atomic mass is 14.9. The van der Waals surface area contributed by atoms with Gasteiger partial charge < -0.3 is 10.3 Å². The SMILES string of the molecule is CC(C)NC(c1ccccc1)c1c(Cc2ccccc2)[nH]c2ccccc12. The maximum atomic E-state index is 3.80. The Balaban J connectivity index is 1.87. The Morgan fingerprint density at radius 2 is 1.41 bits per heavy atom. The van der Waals surface area contributed by atoms with E-state index < -0.39 is 0 Å². The predicted octanol–water partition coefficient (Wildman–Crippen LogP) is 5.85. The third-order valence-electron chi connectivity index (χ3n) is 4.97. The molecular weight excluding hydrogens is 328 g/mol. The Morgan fingerprint density at radius 3 is 2.11 bits per heavy atom. The summed E-state index contributed by atoms with van der Waals surface area (Å²) in [5, 5.41) is 5.09. The minimum absolute atomic E-state index is 0.154. The van der Waals surface area contributed by atoms with Crippen LogP contribution in [-0.2, 0) is 6.42 Å². The Labute approximate surface area is 161 Å². The van der Waals surface area contributed by atoms with E-state index in [4.69, 9.17) is 0 Å². The van der Waals surface area contributed by atoms with E-state index in [1.54, 1.807) is 0 Å². The van der Waals surface area contributed by atoms with Crippen molar-refractivity contribution in [3.05, 3.63) is 107 Å². The molecule has 1 aromatic heterocycles. The van der Waals surface area contributed by atoms with Crippen LogP contribution in [0.3, 0.4) is 0 Å². The molecule has 3 aromatic carbocycles. The van der Waals surface area contributed by atoms with Gasteiger partial charge in [-0.25, -0.2) is 0 Å². The number of H-pyrrole nitrogens is 1. The molecule has 0 saturated carbocycles. The van der Waals surface area contributed by atoms with E-state index in [1.807, 2.05) is 0 Å². The molecule has 2 nitrogen and oxygen atoms in total. The number of aromatic amines is 1. The molecule has 4 aromatic rings. The number of hydrogen-bond acceptors (Lipinski definition) is 1. The zero-order valence-corrected chi connectivity index (χ0v) is 15.9. The van der Waals surface area contributed by atoms with Crippen LogP contribution in [0.1, 0.15) is 42.3 Å². The highest BCUT2D eigenvalue weighted by Gasteiger charge is 2.23. The Kier molecular flexibility index (Phi) is 5.08. The maximum Gasteiger partial charge on any atom is 0.0602 e. The number of hydrogen-bond donors (Lipinski definition) is 2. The van der Waals surface area contributed by atoms with E-state index in [0.29, 0.717) is 6.04 Å². The summed E-state index contributed by atoms with van der Waals surface area (Å²) in [6.45, 7) is 4.42. The van der Waals surface area contributed by atoms with E-state index in [2.05, 4.69) is 109 Å². The van der Waals surface area contributed by atoms with Gasteiger partial charge in [-0.05, 0) is 31.0 Å². The van der Waals surface area contributed by atoms with Crippen molar-refractivity contribution >= 4 is 10.9 Å². The molecule has 0 aliphatic carbocycles. The van der Waals surface area contributed by atoms with Crippen molar-refractivity contribution in [3.63, 3.8) is 0 Å². The quantitative estimate of drug-likeness (QED) is 0.447. The first-order chi connectivity index (χ1) is 13.2. The van der Waals surface area contributed by atoms with E-state index in [0.717, 1.165) is 6.42 Å². The fourth-order valence-electron chi connectivity index (χ4n) is 3.81. The molecule has 0 radical (unpaired) electrons. The number of rotatable bonds is 6. The van der Waals surface area contributed by atoms with Crippen molar-refractivity contribution in [2.45, 2.75) is 32.4 Å². The molecule has 0 spiro atoms. The van der Waals surface area contributed by atoms with Crippen molar-refractivity contribution in [3.8, 4) is 0 Å². The van der Waals surface area contributed by atoms with Crippen molar-refractivity contribution in [2.75, 3.05) is 0 Å². The number of nitrogens with one attached hydrogen (secondary N) is 2. The molecule has 0 saturated heterocycles. The lowest BCUT2D eigenvalue weighted by Gasteiger charge is -2.23. The molecule has 2 heteroatoms. The van der Waals surface area contributed by atoms with Gasteiger partial charge in [0, 0.05) is 34.6 Å². The molecule has 0 bridgehead atoms. The first-order valence-electron chi connectivity index (χ1n) is 9.67. The first kappa shape index (κ1) is 17.6. The first-order valence-corrected chi connectivity index (χ1v) is 9.67. The van der Waals surface area contributed by atoms with E-state index in [1.165, 1.54) is 33.3 Å². The van der Waals surface area contributed by atoms with Crippen molar-refractivity contribution in [2.24, 2.45) is 0 Å². The standard InChI is InChI=1S/C25H26N2/c1-18(2)26-25(20-13-7-4-8-14-20)24-21-15-9-10-16-22(21)27-23(24)17-19-11-5-3-6-12-19/h3-16,18,25-27H,17H2,1-2H3. The lowest BCUT2D eigenvalue weighted by molar-refractivity contribution is 0.528. The molecule has 1 atom stereocenters. The molecule has 2 N–H and O–H groups in total. The maximum absolute atomic E-state index is 3.80. The summed E-state index contributed by atoms with van der Waals surface area (Å²) in [7, 11) is 0. The molecular formula is C25H26N2. The van der Waals surface area contributed by atoms with Crippen molar-refractivity contribution in [1.82, 2.24) is 10.3 Å². The summed E-state index contributed by atoms with van der Waals surface area (Å²) in [5.41, 5.74) is 6.45. The van der Waals surface area contributed by atoms with Gasteiger partial charge in [-0.3, -0.25) is 0 Å². The summed E-state index contributed by atoms with van der Waals surface area (Å²) in [5.74, 6) is 0. The van der Waals surface area contributed by atoms with Crippen molar-refractivity contribution in [1.29, 1.82) is 0 Å². The molecule has 1 unspecified atom stereocenters. The number of aromatic nitrogens is 1. The number of benzene rings is 3. The van der Waals surface area contributed by atoms with Crippen LogP contribution in [0.5, 0.6) is 0 Å². The Morgan fingerprint density at radius 1 is 0.778 bits per heavy atom. The summed E-state index contributed by atoms with van der Waals surface area (Å²) < 4.78 is 0. The van der Waals surface area contributed by atoms with Gasteiger partial charge in [0.25, 0.3) is 0 Å². The van der Waals surface area contributed by atoms with Gasteiger partial charge in [-0.1, -0.05) is 78.9 Å². The van der Waals surface area contributed by atoms with Crippen LogP contribution in [0.15, 0.2) is 84.9 Å². The fraction of sp³-hybridized carbons (Fsp3) is 0.200. The second kappa shape index (κ2) is 7.81. The normalized spacial score (nSPS) is 12.6. The smallest absolute Gasteiger partial charge is 0.0602 e. The van der Waals surface area contributed by atoms with Crippen LogP contribution in [0.25, 0.3) is 10.9 Å². The average Bonchev–Trinajstić information content (AvgIpc) is 3.05. The minimum Gasteiger partial charge on any atom is -0.358 e.